The smallest absolute Gasteiger partial charge is 0.306 e. The second-order valence-corrected chi connectivity index (χ2v) is 19.9. The number of esters is 3. The first-order valence-electron chi connectivity index (χ1n) is 29.8. The lowest BCUT2D eigenvalue weighted by Gasteiger charge is -2.18. The highest BCUT2D eigenvalue weighted by atomic mass is 16.6. The molecular weight excluding hydrogens is 853 g/mol. The number of rotatable bonds is 54. The maximum absolute atomic E-state index is 12.9. The van der Waals surface area contributed by atoms with Crippen LogP contribution in [0.5, 0.6) is 0 Å². The average Bonchev–Trinajstić information content (AvgIpc) is 3.35. The molecule has 69 heavy (non-hydrogen) atoms. The lowest BCUT2D eigenvalue weighted by Crippen LogP contribution is -2.30. The maximum Gasteiger partial charge on any atom is 0.306 e. The summed E-state index contributed by atoms with van der Waals surface area (Å²) in [6, 6.07) is 0. The van der Waals surface area contributed by atoms with Crippen molar-refractivity contribution in [1.29, 1.82) is 0 Å². The first-order valence-corrected chi connectivity index (χ1v) is 29.8. The lowest BCUT2D eigenvalue weighted by molar-refractivity contribution is -0.167. The predicted octanol–water partition coefficient (Wildman–Crippen LogP) is 20.0. The molecule has 400 valence electrons. The van der Waals surface area contributed by atoms with Crippen molar-refractivity contribution in [3.05, 3.63) is 60.8 Å². The Morgan fingerprint density at radius 2 is 0.565 bits per heavy atom. The summed E-state index contributed by atoms with van der Waals surface area (Å²) in [6.45, 7) is 6.53. The molecule has 1 atom stereocenters. The van der Waals surface area contributed by atoms with E-state index in [0.717, 1.165) is 103 Å². The van der Waals surface area contributed by atoms with Gasteiger partial charge < -0.3 is 14.2 Å². The van der Waals surface area contributed by atoms with Gasteiger partial charge in [0.25, 0.3) is 0 Å². The standard InChI is InChI=1S/C63H112O6/c1-4-7-10-13-16-19-22-25-28-29-30-31-32-33-36-38-41-44-47-50-53-56-62(65)68-59-60(69-63(66)57-54-51-48-45-42-39-35-27-24-21-18-15-12-9-6-3)58-67-61(64)55-52-49-46-43-40-37-34-26-23-20-17-14-11-8-5-2/h9,12,18,21,25-28,34-35,60H,4-8,10-11,13-17,19-20,22-24,29-33,36-59H2,1-3H3/b12-9-,21-18-,28-25-,34-26-,35-27-/t60-/m0/s1. The van der Waals surface area contributed by atoms with E-state index < -0.39 is 6.10 Å². The molecule has 0 aromatic heterocycles. The fraction of sp³-hybridized carbons (Fsp3) is 0.794. The predicted molar refractivity (Wildman–Crippen MR) is 298 cm³/mol. The monoisotopic (exact) mass is 965 g/mol. The lowest BCUT2D eigenvalue weighted by atomic mass is 10.0. The molecule has 0 aromatic carbocycles. The Balaban J connectivity index is 4.35. The maximum atomic E-state index is 12.9. The summed E-state index contributed by atoms with van der Waals surface area (Å²) in [5.74, 6) is -0.897. The number of allylic oxidation sites excluding steroid dienone is 10. The van der Waals surface area contributed by atoms with Gasteiger partial charge in [-0.3, -0.25) is 14.4 Å². The van der Waals surface area contributed by atoms with Crippen molar-refractivity contribution in [2.24, 2.45) is 0 Å². The van der Waals surface area contributed by atoms with Crippen LogP contribution < -0.4 is 0 Å². The van der Waals surface area contributed by atoms with Crippen molar-refractivity contribution in [3.8, 4) is 0 Å². The van der Waals surface area contributed by atoms with E-state index >= 15 is 0 Å². The number of hydrogen-bond donors (Lipinski definition) is 0. The third-order valence-corrected chi connectivity index (χ3v) is 13.0. The van der Waals surface area contributed by atoms with Gasteiger partial charge in [0, 0.05) is 19.3 Å². The highest BCUT2D eigenvalue weighted by Gasteiger charge is 2.19. The zero-order chi connectivity index (χ0) is 50.0. The van der Waals surface area contributed by atoms with Crippen LogP contribution >= 0.6 is 0 Å². The zero-order valence-electron chi connectivity index (χ0n) is 45.8. The minimum atomic E-state index is -0.787. The Labute approximate surface area is 428 Å². The molecule has 6 nitrogen and oxygen atoms in total. The average molecular weight is 966 g/mol. The first-order chi connectivity index (χ1) is 34.0. The molecule has 0 aliphatic rings. The van der Waals surface area contributed by atoms with E-state index in [1.807, 2.05) is 0 Å². The molecule has 0 rings (SSSR count). The summed E-state index contributed by atoms with van der Waals surface area (Å²) >= 11 is 0. The first kappa shape index (κ1) is 66.1. The third kappa shape index (κ3) is 55.9. The summed E-state index contributed by atoms with van der Waals surface area (Å²) in [4.78, 5) is 38.2. The van der Waals surface area contributed by atoms with Crippen LogP contribution in [0, 0.1) is 0 Å². The quantitative estimate of drug-likeness (QED) is 0.0262. The van der Waals surface area contributed by atoms with Gasteiger partial charge >= 0.3 is 17.9 Å². The van der Waals surface area contributed by atoms with Gasteiger partial charge in [-0.05, 0) is 103 Å². The van der Waals surface area contributed by atoms with Crippen LogP contribution in [0.25, 0.3) is 0 Å². The molecule has 0 aliphatic heterocycles. The van der Waals surface area contributed by atoms with Gasteiger partial charge in [-0.2, -0.15) is 0 Å². The minimum Gasteiger partial charge on any atom is -0.462 e. The van der Waals surface area contributed by atoms with Crippen LogP contribution in [0.15, 0.2) is 60.8 Å². The molecule has 0 N–H and O–H groups in total. The SMILES string of the molecule is CC/C=C\C/C=C\C/C=C\CCCCCCCC(=O)O[C@@H](COC(=O)CCCCCCC/C=C\CCCCCCCC)COC(=O)CCCCCCCCCCCCC/C=C\CCCCCCCC. The fourth-order valence-electron chi connectivity index (χ4n) is 8.51. The van der Waals surface area contributed by atoms with E-state index in [1.165, 1.54) is 161 Å². The van der Waals surface area contributed by atoms with Gasteiger partial charge in [0.15, 0.2) is 6.10 Å². The van der Waals surface area contributed by atoms with Gasteiger partial charge in [-0.1, -0.05) is 242 Å². The van der Waals surface area contributed by atoms with Gasteiger partial charge in [0.05, 0.1) is 0 Å². The molecule has 0 aromatic rings. The number of carbonyl (C=O) groups is 3. The largest absolute Gasteiger partial charge is 0.462 e. The number of ether oxygens (including phenoxy) is 3. The Kier molecular flexibility index (Phi) is 55.3. The van der Waals surface area contributed by atoms with Crippen LogP contribution in [-0.4, -0.2) is 37.2 Å². The molecule has 0 spiro atoms. The Bertz CT molecular complexity index is 1250. The molecule has 0 saturated carbocycles. The molecule has 0 aliphatic carbocycles. The highest BCUT2D eigenvalue weighted by Crippen LogP contribution is 2.16. The van der Waals surface area contributed by atoms with E-state index in [2.05, 4.69) is 81.5 Å². The topological polar surface area (TPSA) is 78.9 Å². The summed E-state index contributed by atoms with van der Waals surface area (Å²) in [5.41, 5.74) is 0. The van der Waals surface area contributed by atoms with Crippen molar-refractivity contribution >= 4 is 17.9 Å². The van der Waals surface area contributed by atoms with E-state index in [4.69, 9.17) is 14.2 Å². The molecule has 0 bridgehead atoms. The van der Waals surface area contributed by atoms with Gasteiger partial charge in [-0.15, -0.1) is 0 Å². The molecular formula is C63H112O6. The van der Waals surface area contributed by atoms with E-state index in [9.17, 15) is 14.4 Å². The Morgan fingerprint density at radius 1 is 0.304 bits per heavy atom. The van der Waals surface area contributed by atoms with Crippen molar-refractivity contribution in [3.63, 3.8) is 0 Å². The molecule has 0 fully saturated rings. The summed E-state index contributed by atoms with van der Waals surface area (Å²) in [5, 5.41) is 0. The number of hydrogen-bond acceptors (Lipinski definition) is 6. The molecule has 0 heterocycles. The fourth-order valence-corrected chi connectivity index (χ4v) is 8.51. The number of carbonyl (C=O) groups excluding carboxylic acids is 3. The molecule has 0 radical (unpaired) electrons. The van der Waals surface area contributed by atoms with E-state index in [1.54, 1.807) is 0 Å². The summed E-state index contributed by atoms with van der Waals surface area (Å²) < 4.78 is 16.9. The minimum absolute atomic E-state index is 0.0829. The molecule has 0 unspecified atom stereocenters. The number of unbranched alkanes of at least 4 members (excludes halogenated alkanes) is 33. The Hall–Kier alpha value is -2.89. The van der Waals surface area contributed by atoms with E-state index in [0.29, 0.717) is 19.3 Å². The van der Waals surface area contributed by atoms with Crippen molar-refractivity contribution < 1.29 is 28.6 Å². The van der Waals surface area contributed by atoms with Crippen LogP contribution in [-0.2, 0) is 28.6 Å². The Morgan fingerprint density at radius 3 is 0.899 bits per heavy atom. The van der Waals surface area contributed by atoms with Crippen molar-refractivity contribution in [2.75, 3.05) is 13.2 Å². The van der Waals surface area contributed by atoms with Gasteiger partial charge in [0.2, 0.25) is 0 Å². The van der Waals surface area contributed by atoms with Crippen molar-refractivity contribution in [1.82, 2.24) is 0 Å². The normalized spacial score (nSPS) is 12.4. The summed E-state index contributed by atoms with van der Waals surface area (Å²) in [6.07, 6.45) is 72.1. The molecule has 0 saturated heterocycles. The second-order valence-electron chi connectivity index (χ2n) is 19.9. The van der Waals surface area contributed by atoms with Gasteiger partial charge in [-0.25, -0.2) is 0 Å². The van der Waals surface area contributed by atoms with Crippen LogP contribution in [0.1, 0.15) is 303 Å². The van der Waals surface area contributed by atoms with E-state index in [-0.39, 0.29) is 31.1 Å². The molecule has 0 amide bonds. The second kappa shape index (κ2) is 57.7. The zero-order valence-corrected chi connectivity index (χ0v) is 45.8. The summed E-state index contributed by atoms with van der Waals surface area (Å²) in [7, 11) is 0. The van der Waals surface area contributed by atoms with Crippen molar-refractivity contribution in [2.45, 2.75) is 309 Å². The highest BCUT2D eigenvalue weighted by molar-refractivity contribution is 5.71. The third-order valence-electron chi connectivity index (χ3n) is 13.0. The van der Waals surface area contributed by atoms with Crippen LogP contribution in [0.4, 0.5) is 0 Å². The van der Waals surface area contributed by atoms with Crippen LogP contribution in [0.2, 0.25) is 0 Å². The van der Waals surface area contributed by atoms with Crippen LogP contribution in [0.3, 0.4) is 0 Å². The molecule has 6 heteroatoms. The van der Waals surface area contributed by atoms with Gasteiger partial charge in [0.1, 0.15) is 13.2 Å².